The monoisotopic (exact) mass is 210 g/mol. The van der Waals surface area contributed by atoms with E-state index in [0.29, 0.717) is 17.4 Å². The molecule has 1 aliphatic carbocycles. The van der Waals surface area contributed by atoms with Gasteiger partial charge in [0.15, 0.2) is 5.82 Å². The maximum Gasteiger partial charge on any atom is 0.242 e. The van der Waals surface area contributed by atoms with Crippen molar-refractivity contribution < 1.29 is 9.84 Å². The Morgan fingerprint density at radius 2 is 2.33 bits per heavy atom. The van der Waals surface area contributed by atoms with Crippen LogP contribution in [0.4, 0.5) is 11.5 Å². The van der Waals surface area contributed by atoms with Crippen molar-refractivity contribution in [2.75, 3.05) is 24.8 Å². The van der Waals surface area contributed by atoms with Crippen LogP contribution in [-0.2, 0) is 0 Å². The van der Waals surface area contributed by atoms with Gasteiger partial charge in [0.25, 0.3) is 0 Å². The molecule has 1 fully saturated rings. The molecule has 0 unspecified atom stereocenters. The van der Waals surface area contributed by atoms with E-state index in [0.717, 1.165) is 12.8 Å². The molecule has 6 heteroatoms. The SMILES string of the molecule is COc1ncnc(NC2(CO)CC2)c1N. The van der Waals surface area contributed by atoms with E-state index in [1.165, 1.54) is 13.4 Å². The van der Waals surface area contributed by atoms with Gasteiger partial charge >= 0.3 is 0 Å². The third-order valence-corrected chi connectivity index (χ3v) is 2.58. The number of methoxy groups -OCH3 is 1. The highest BCUT2D eigenvalue weighted by Crippen LogP contribution is 2.39. The zero-order valence-electron chi connectivity index (χ0n) is 8.53. The predicted molar refractivity (Wildman–Crippen MR) is 55.7 cm³/mol. The fourth-order valence-electron chi connectivity index (χ4n) is 1.37. The van der Waals surface area contributed by atoms with Crippen LogP contribution in [0.5, 0.6) is 5.88 Å². The van der Waals surface area contributed by atoms with E-state index in [-0.39, 0.29) is 12.1 Å². The number of hydrogen-bond donors (Lipinski definition) is 3. The Labute approximate surface area is 87.5 Å². The quantitative estimate of drug-likeness (QED) is 0.648. The first-order chi connectivity index (χ1) is 7.21. The van der Waals surface area contributed by atoms with Crippen molar-refractivity contribution in [3.05, 3.63) is 6.33 Å². The number of aliphatic hydroxyl groups is 1. The molecule has 0 bridgehead atoms. The second-order valence-electron chi connectivity index (χ2n) is 3.71. The van der Waals surface area contributed by atoms with Crippen LogP contribution in [0, 0.1) is 0 Å². The molecule has 4 N–H and O–H groups in total. The molecule has 1 saturated carbocycles. The van der Waals surface area contributed by atoms with Gasteiger partial charge in [-0.3, -0.25) is 0 Å². The molecule has 0 aliphatic heterocycles. The Kier molecular flexibility index (Phi) is 2.36. The van der Waals surface area contributed by atoms with Gasteiger partial charge < -0.3 is 20.9 Å². The molecule has 82 valence electrons. The minimum absolute atomic E-state index is 0.0821. The first-order valence-corrected chi connectivity index (χ1v) is 4.74. The molecule has 0 atom stereocenters. The maximum atomic E-state index is 9.16. The summed E-state index contributed by atoms with van der Waals surface area (Å²) in [6.45, 7) is 0.0821. The fraction of sp³-hybridized carbons (Fsp3) is 0.556. The second kappa shape index (κ2) is 3.54. The van der Waals surface area contributed by atoms with Crippen molar-refractivity contribution in [2.24, 2.45) is 0 Å². The highest BCUT2D eigenvalue weighted by Gasteiger charge is 2.42. The van der Waals surface area contributed by atoms with Gasteiger partial charge in [0.1, 0.15) is 12.0 Å². The van der Waals surface area contributed by atoms with Gasteiger partial charge in [-0.05, 0) is 12.8 Å². The van der Waals surface area contributed by atoms with Gasteiger partial charge in [0.2, 0.25) is 5.88 Å². The molecule has 0 amide bonds. The molecule has 1 aliphatic rings. The molecule has 6 nitrogen and oxygen atoms in total. The Hall–Kier alpha value is -1.56. The van der Waals surface area contributed by atoms with Crippen molar-refractivity contribution in [1.82, 2.24) is 9.97 Å². The lowest BCUT2D eigenvalue weighted by atomic mass is 10.3. The number of ether oxygens (including phenoxy) is 1. The number of nitrogens with zero attached hydrogens (tertiary/aromatic N) is 2. The molecule has 2 rings (SSSR count). The molecular formula is C9H14N4O2. The largest absolute Gasteiger partial charge is 0.479 e. The molecule has 1 heterocycles. The summed E-state index contributed by atoms with van der Waals surface area (Å²) in [7, 11) is 1.50. The molecular weight excluding hydrogens is 196 g/mol. The minimum atomic E-state index is -0.243. The summed E-state index contributed by atoms with van der Waals surface area (Å²) in [5.74, 6) is 0.870. The summed E-state index contributed by atoms with van der Waals surface area (Å²) in [5, 5.41) is 12.3. The summed E-state index contributed by atoms with van der Waals surface area (Å²) >= 11 is 0. The number of rotatable bonds is 4. The van der Waals surface area contributed by atoms with Crippen molar-refractivity contribution in [2.45, 2.75) is 18.4 Å². The normalized spacial score (nSPS) is 17.2. The smallest absolute Gasteiger partial charge is 0.242 e. The van der Waals surface area contributed by atoms with E-state index in [9.17, 15) is 0 Å². The van der Waals surface area contributed by atoms with E-state index in [1.807, 2.05) is 0 Å². The molecule has 0 saturated heterocycles. The van der Waals surface area contributed by atoms with Crippen LogP contribution in [-0.4, -0.2) is 34.3 Å². The third-order valence-electron chi connectivity index (χ3n) is 2.58. The Morgan fingerprint density at radius 1 is 1.60 bits per heavy atom. The standard InChI is InChI=1S/C9H14N4O2/c1-15-8-6(10)7(11-5-12-8)13-9(4-14)2-3-9/h5,14H,2-4,10H2,1H3,(H,11,12,13). The summed E-state index contributed by atoms with van der Waals surface area (Å²) in [5.41, 5.74) is 5.92. The van der Waals surface area contributed by atoms with Gasteiger partial charge in [-0.25, -0.2) is 4.98 Å². The number of nitrogen functional groups attached to an aromatic ring is 1. The average Bonchev–Trinajstić information content (AvgIpc) is 3.02. The van der Waals surface area contributed by atoms with Gasteiger partial charge in [-0.15, -0.1) is 0 Å². The number of hydrogen-bond acceptors (Lipinski definition) is 6. The van der Waals surface area contributed by atoms with Crippen LogP contribution < -0.4 is 15.8 Å². The summed E-state index contributed by atoms with van der Waals surface area (Å²) in [6.07, 6.45) is 3.23. The second-order valence-corrected chi connectivity index (χ2v) is 3.71. The average molecular weight is 210 g/mol. The zero-order valence-corrected chi connectivity index (χ0v) is 8.53. The van der Waals surface area contributed by atoms with Gasteiger partial charge in [0, 0.05) is 0 Å². The van der Waals surface area contributed by atoms with Crippen LogP contribution in [0.3, 0.4) is 0 Å². The van der Waals surface area contributed by atoms with Crippen molar-refractivity contribution in [3.8, 4) is 5.88 Å². The minimum Gasteiger partial charge on any atom is -0.479 e. The van der Waals surface area contributed by atoms with E-state index >= 15 is 0 Å². The summed E-state index contributed by atoms with van der Waals surface area (Å²) < 4.78 is 4.98. The first-order valence-electron chi connectivity index (χ1n) is 4.74. The molecule has 1 aromatic rings. The van der Waals surface area contributed by atoms with E-state index in [4.69, 9.17) is 15.6 Å². The van der Waals surface area contributed by atoms with Gasteiger partial charge in [-0.2, -0.15) is 4.98 Å². The number of anilines is 2. The lowest BCUT2D eigenvalue weighted by Gasteiger charge is -2.16. The van der Waals surface area contributed by atoms with Crippen LogP contribution in [0.15, 0.2) is 6.33 Å². The van der Waals surface area contributed by atoms with Crippen LogP contribution >= 0.6 is 0 Å². The van der Waals surface area contributed by atoms with Crippen LogP contribution in [0.25, 0.3) is 0 Å². The zero-order chi connectivity index (χ0) is 10.9. The Balaban J connectivity index is 2.21. The Morgan fingerprint density at radius 3 is 2.87 bits per heavy atom. The van der Waals surface area contributed by atoms with E-state index in [1.54, 1.807) is 0 Å². The van der Waals surface area contributed by atoms with Crippen molar-refractivity contribution in [3.63, 3.8) is 0 Å². The lowest BCUT2D eigenvalue weighted by molar-refractivity contribution is 0.266. The van der Waals surface area contributed by atoms with Crippen LogP contribution in [0.2, 0.25) is 0 Å². The molecule has 0 aromatic carbocycles. The first kappa shape index (κ1) is 9.97. The number of nitrogens with two attached hydrogens (primary N) is 1. The van der Waals surface area contributed by atoms with E-state index in [2.05, 4.69) is 15.3 Å². The van der Waals surface area contributed by atoms with Gasteiger partial charge in [0.05, 0.1) is 19.3 Å². The maximum absolute atomic E-state index is 9.16. The number of nitrogens with one attached hydrogen (secondary N) is 1. The van der Waals surface area contributed by atoms with Gasteiger partial charge in [-0.1, -0.05) is 0 Å². The fourth-order valence-corrected chi connectivity index (χ4v) is 1.37. The molecule has 0 spiro atoms. The van der Waals surface area contributed by atoms with E-state index < -0.39 is 0 Å². The number of aliphatic hydroxyl groups excluding tert-OH is 1. The lowest BCUT2D eigenvalue weighted by Crippen LogP contribution is -2.26. The Bertz CT molecular complexity index is 365. The predicted octanol–water partition coefficient (Wildman–Crippen LogP) is 0.00420. The van der Waals surface area contributed by atoms with Crippen molar-refractivity contribution >= 4 is 11.5 Å². The topological polar surface area (TPSA) is 93.3 Å². The third kappa shape index (κ3) is 1.80. The molecule has 0 radical (unpaired) electrons. The number of aromatic nitrogens is 2. The summed E-state index contributed by atoms with van der Waals surface area (Å²) in [4.78, 5) is 7.89. The molecule has 1 aromatic heterocycles. The van der Waals surface area contributed by atoms with Crippen molar-refractivity contribution in [1.29, 1.82) is 0 Å². The highest BCUT2D eigenvalue weighted by atomic mass is 16.5. The summed E-state index contributed by atoms with van der Waals surface area (Å²) in [6, 6.07) is 0. The highest BCUT2D eigenvalue weighted by molar-refractivity contribution is 5.67. The molecule has 15 heavy (non-hydrogen) atoms. The van der Waals surface area contributed by atoms with Crippen LogP contribution in [0.1, 0.15) is 12.8 Å².